The fourth-order valence-corrected chi connectivity index (χ4v) is 2.78. The van der Waals surface area contributed by atoms with Crippen LogP contribution in [0, 0.1) is 17.8 Å². The van der Waals surface area contributed by atoms with Gasteiger partial charge in [-0.05, 0) is 32.3 Å². The number of ketones is 4. The number of carbonyl (C=O) groups is 4. The van der Waals surface area contributed by atoms with Gasteiger partial charge in [-0.1, -0.05) is 38.5 Å². The van der Waals surface area contributed by atoms with E-state index in [2.05, 4.69) is 0 Å². The molecule has 1 aliphatic carbocycles. The first-order chi connectivity index (χ1) is 11.1. The summed E-state index contributed by atoms with van der Waals surface area (Å²) >= 11 is 0. The van der Waals surface area contributed by atoms with Crippen LogP contribution in [-0.2, 0) is 19.2 Å². The summed E-state index contributed by atoms with van der Waals surface area (Å²) in [4.78, 5) is 49.7. The fraction of sp³-hybridized carbons (Fsp3) is 0.579. The summed E-state index contributed by atoms with van der Waals surface area (Å²) in [7, 11) is 0. The van der Waals surface area contributed by atoms with Crippen molar-refractivity contribution < 1.29 is 24.3 Å². The number of hydrogen-bond donors (Lipinski definition) is 1. The van der Waals surface area contributed by atoms with E-state index < -0.39 is 40.6 Å². The van der Waals surface area contributed by atoms with Crippen molar-refractivity contribution in [2.45, 2.75) is 53.1 Å². The molecule has 1 fully saturated rings. The summed E-state index contributed by atoms with van der Waals surface area (Å²) in [5.74, 6) is -5.72. The lowest BCUT2D eigenvalue weighted by molar-refractivity contribution is -0.151. The lowest BCUT2D eigenvalue weighted by atomic mass is 9.82. The molecule has 1 N–H and O–H groups in total. The standard InChI is InChI=1S/C19H26O5/c1-6-14(20)16-17(22)13(9-7-11(2)3)19(24,18(16)23)15(21)10-8-12(4)5/h7-8,10,12-13,16,24H,6,9H2,1-5H3/b10-8+/t13-,16?,19?/m1/s1. The third kappa shape index (κ3) is 3.78. The molecule has 0 aromatic heterocycles. The number of carbonyl (C=O) groups excluding carboxylic acids is 4. The summed E-state index contributed by atoms with van der Waals surface area (Å²) in [5, 5.41) is 10.8. The maximum absolute atomic E-state index is 12.6. The van der Waals surface area contributed by atoms with Gasteiger partial charge in [0.1, 0.15) is 5.92 Å². The zero-order valence-electron chi connectivity index (χ0n) is 15.0. The Kier molecular flexibility index (Phi) is 6.55. The van der Waals surface area contributed by atoms with E-state index in [1.807, 2.05) is 27.7 Å². The molecular weight excluding hydrogens is 308 g/mol. The lowest BCUT2D eigenvalue weighted by Gasteiger charge is -2.24. The molecule has 0 bridgehead atoms. The summed E-state index contributed by atoms with van der Waals surface area (Å²) in [6.45, 7) is 8.87. The molecule has 132 valence electrons. The second kappa shape index (κ2) is 7.79. The highest BCUT2D eigenvalue weighted by Crippen LogP contribution is 2.38. The normalized spacial score (nSPS) is 27.1. The zero-order chi connectivity index (χ0) is 18.7. The van der Waals surface area contributed by atoms with Crippen LogP contribution in [-0.4, -0.2) is 33.8 Å². The van der Waals surface area contributed by atoms with E-state index in [4.69, 9.17) is 0 Å². The molecule has 0 aromatic carbocycles. The van der Waals surface area contributed by atoms with Gasteiger partial charge < -0.3 is 5.11 Å². The molecule has 1 aliphatic rings. The topological polar surface area (TPSA) is 88.5 Å². The van der Waals surface area contributed by atoms with Gasteiger partial charge in [0.25, 0.3) is 0 Å². The minimum atomic E-state index is -2.45. The summed E-state index contributed by atoms with van der Waals surface area (Å²) in [6, 6.07) is 0. The van der Waals surface area contributed by atoms with Gasteiger partial charge in [-0.15, -0.1) is 0 Å². The van der Waals surface area contributed by atoms with Crippen molar-refractivity contribution in [3.05, 3.63) is 23.8 Å². The van der Waals surface area contributed by atoms with Crippen molar-refractivity contribution in [1.29, 1.82) is 0 Å². The Bertz CT molecular complexity index is 607. The smallest absolute Gasteiger partial charge is 0.196 e. The third-order valence-corrected chi connectivity index (χ3v) is 4.21. The molecule has 0 heterocycles. The van der Waals surface area contributed by atoms with E-state index in [0.29, 0.717) is 0 Å². The van der Waals surface area contributed by atoms with E-state index in [9.17, 15) is 24.3 Å². The van der Waals surface area contributed by atoms with E-state index in [0.717, 1.165) is 11.6 Å². The van der Waals surface area contributed by atoms with Gasteiger partial charge in [0.15, 0.2) is 28.7 Å². The monoisotopic (exact) mass is 334 g/mol. The fourth-order valence-electron chi connectivity index (χ4n) is 2.78. The molecule has 1 rings (SSSR count). The zero-order valence-corrected chi connectivity index (χ0v) is 15.0. The Balaban J connectivity index is 3.36. The summed E-state index contributed by atoms with van der Waals surface area (Å²) in [5.41, 5.74) is -1.56. The van der Waals surface area contributed by atoms with Crippen molar-refractivity contribution in [1.82, 2.24) is 0 Å². The number of aliphatic hydroxyl groups is 1. The molecule has 5 nitrogen and oxygen atoms in total. The Morgan fingerprint density at radius 2 is 1.83 bits per heavy atom. The number of allylic oxidation sites excluding steroid dienone is 3. The maximum Gasteiger partial charge on any atom is 0.196 e. The van der Waals surface area contributed by atoms with E-state index in [1.165, 1.54) is 0 Å². The second-order valence-corrected chi connectivity index (χ2v) is 6.82. The third-order valence-electron chi connectivity index (χ3n) is 4.21. The van der Waals surface area contributed by atoms with E-state index in [1.54, 1.807) is 19.1 Å². The molecule has 0 spiro atoms. The minimum Gasteiger partial charge on any atom is -0.374 e. The molecule has 5 heteroatoms. The lowest BCUT2D eigenvalue weighted by Crippen LogP contribution is -2.49. The van der Waals surface area contributed by atoms with E-state index >= 15 is 0 Å². The molecule has 0 amide bonds. The first-order valence-electron chi connectivity index (χ1n) is 8.26. The number of rotatable bonds is 7. The van der Waals surface area contributed by atoms with Crippen molar-refractivity contribution in [3.8, 4) is 0 Å². The van der Waals surface area contributed by atoms with Crippen LogP contribution >= 0.6 is 0 Å². The predicted molar refractivity (Wildman–Crippen MR) is 90.3 cm³/mol. The van der Waals surface area contributed by atoms with Gasteiger partial charge in [0, 0.05) is 6.42 Å². The Labute approximate surface area is 142 Å². The quantitative estimate of drug-likeness (QED) is 0.438. The molecule has 1 saturated carbocycles. The Morgan fingerprint density at radius 3 is 2.29 bits per heavy atom. The van der Waals surface area contributed by atoms with Crippen molar-refractivity contribution in [3.63, 3.8) is 0 Å². The van der Waals surface area contributed by atoms with Crippen LogP contribution in [0.2, 0.25) is 0 Å². The molecule has 0 radical (unpaired) electrons. The Hall–Kier alpha value is -1.88. The summed E-state index contributed by atoms with van der Waals surface area (Å²) < 4.78 is 0. The molecule has 2 unspecified atom stereocenters. The molecule has 0 saturated heterocycles. The van der Waals surface area contributed by atoms with Crippen LogP contribution in [0.25, 0.3) is 0 Å². The van der Waals surface area contributed by atoms with Crippen LogP contribution in [0.5, 0.6) is 0 Å². The maximum atomic E-state index is 12.6. The molecule has 3 atom stereocenters. The number of Topliss-reactive ketones (excluding diaryl/α,β-unsaturated/α-hetero) is 3. The number of hydrogen-bond acceptors (Lipinski definition) is 5. The highest BCUT2D eigenvalue weighted by Gasteiger charge is 2.63. The highest BCUT2D eigenvalue weighted by atomic mass is 16.3. The summed E-state index contributed by atoms with van der Waals surface area (Å²) in [6.07, 6.45) is 4.45. The van der Waals surface area contributed by atoms with Gasteiger partial charge in [0.2, 0.25) is 0 Å². The van der Waals surface area contributed by atoms with Gasteiger partial charge in [-0.25, -0.2) is 0 Å². The van der Waals surface area contributed by atoms with Gasteiger partial charge in [-0.3, -0.25) is 19.2 Å². The van der Waals surface area contributed by atoms with Gasteiger partial charge in [-0.2, -0.15) is 0 Å². The van der Waals surface area contributed by atoms with Crippen LogP contribution in [0.15, 0.2) is 23.8 Å². The first kappa shape index (κ1) is 20.2. The van der Waals surface area contributed by atoms with Crippen LogP contribution in [0.1, 0.15) is 47.5 Å². The molecule has 0 aromatic rings. The van der Waals surface area contributed by atoms with Crippen LogP contribution in [0.3, 0.4) is 0 Å². The van der Waals surface area contributed by atoms with Crippen LogP contribution in [0.4, 0.5) is 0 Å². The first-order valence-corrected chi connectivity index (χ1v) is 8.26. The van der Waals surface area contributed by atoms with E-state index in [-0.39, 0.29) is 18.8 Å². The average molecular weight is 334 g/mol. The average Bonchev–Trinajstić information content (AvgIpc) is 2.70. The van der Waals surface area contributed by atoms with Crippen molar-refractivity contribution in [2.75, 3.05) is 0 Å². The van der Waals surface area contributed by atoms with Gasteiger partial charge in [0.05, 0.1) is 5.92 Å². The molecule has 24 heavy (non-hydrogen) atoms. The largest absolute Gasteiger partial charge is 0.374 e. The Morgan fingerprint density at radius 1 is 1.25 bits per heavy atom. The van der Waals surface area contributed by atoms with Crippen molar-refractivity contribution >= 4 is 23.1 Å². The second-order valence-electron chi connectivity index (χ2n) is 6.82. The highest BCUT2D eigenvalue weighted by molar-refractivity contribution is 6.34. The SMILES string of the molecule is CCC(=O)C1C(=O)[C@@H](CC=C(C)C)C(O)(C(=O)/C=C/C(C)C)C1=O. The van der Waals surface area contributed by atoms with Gasteiger partial charge >= 0.3 is 0 Å². The van der Waals surface area contributed by atoms with Crippen LogP contribution < -0.4 is 0 Å². The minimum absolute atomic E-state index is 0.00359. The molecular formula is C19H26O5. The predicted octanol–water partition coefficient (Wildman–Crippen LogP) is 2.22. The van der Waals surface area contributed by atoms with Crippen molar-refractivity contribution in [2.24, 2.45) is 17.8 Å². The molecule has 0 aliphatic heterocycles.